The van der Waals surface area contributed by atoms with E-state index in [-0.39, 0.29) is 5.43 Å². The molecule has 0 aliphatic carbocycles. The zero-order valence-corrected chi connectivity index (χ0v) is 20.1. The second kappa shape index (κ2) is 10.9. The Kier molecular flexibility index (Phi) is 7.74. The van der Waals surface area contributed by atoms with Gasteiger partial charge in [-0.2, -0.15) is 0 Å². The number of aryl methyl sites for hydroxylation is 1. The Hall–Kier alpha value is -2.75. The van der Waals surface area contributed by atoms with E-state index in [2.05, 4.69) is 6.92 Å². The summed E-state index contributed by atoms with van der Waals surface area (Å²) >= 11 is 12.1. The quantitative estimate of drug-likeness (QED) is 0.225. The average Bonchev–Trinajstić information content (AvgIpc) is 2.82. The fourth-order valence-electron chi connectivity index (χ4n) is 3.89. The number of hydrogen-bond donors (Lipinski definition) is 0. The third kappa shape index (κ3) is 5.79. The van der Waals surface area contributed by atoms with Gasteiger partial charge in [-0.25, -0.2) is 0 Å². The van der Waals surface area contributed by atoms with Crippen LogP contribution in [-0.4, -0.2) is 0 Å². The Morgan fingerprint density at radius 3 is 2.48 bits per heavy atom. The molecule has 3 nitrogen and oxygen atoms in total. The number of benzene rings is 3. The van der Waals surface area contributed by atoms with E-state index in [4.69, 9.17) is 32.4 Å². The highest BCUT2D eigenvalue weighted by Gasteiger charge is 2.14. The first-order valence-corrected chi connectivity index (χ1v) is 12.0. The molecule has 1 aromatic heterocycles. The molecule has 3 aromatic carbocycles. The molecule has 0 bridgehead atoms. The van der Waals surface area contributed by atoms with Gasteiger partial charge in [-0.3, -0.25) is 4.79 Å². The maximum absolute atomic E-state index is 13.3. The van der Waals surface area contributed by atoms with E-state index in [1.165, 1.54) is 19.1 Å². The molecule has 0 radical (unpaired) electrons. The van der Waals surface area contributed by atoms with Crippen molar-refractivity contribution < 1.29 is 9.15 Å². The van der Waals surface area contributed by atoms with Gasteiger partial charge in [-0.05, 0) is 59.9 Å². The van der Waals surface area contributed by atoms with Crippen LogP contribution in [0.4, 0.5) is 0 Å². The zero-order valence-electron chi connectivity index (χ0n) is 18.6. The third-order valence-electron chi connectivity index (χ3n) is 5.69. The smallest absolute Gasteiger partial charge is 0.200 e. The highest BCUT2D eigenvalue weighted by Crippen LogP contribution is 2.29. The highest BCUT2D eigenvalue weighted by atomic mass is 35.5. The van der Waals surface area contributed by atoms with Crippen molar-refractivity contribution in [2.24, 2.45) is 0 Å². The molecule has 0 atom stereocenters. The summed E-state index contributed by atoms with van der Waals surface area (Å²) in [4.78, 5) is 13.3. The summed E-state index contributed by atoms with van der Waals surface area (Å²) in [5, 5.41) is 1.86. The van der Waals surface area contributed by atoms with Crippen molar-refractivity contribution in [1.82, 2.24) is 0 Å². The molecule has 5 heteroatoms. The van der Waals surface area contributed by atoms with Crippen LogP contribution in [0.1, 0.15) is 43.7 Å². The fourth-order valence-corrected chi connectivity index (χ4v) is 4.23. The van der Waals surface area contributed by atoms with E-state index in [9.17, 15) is 4.79 Å². The van der Waals surface area contributed by atoms with E-state index in [1.807, 2.05) is 48.5 Å². The summed E-state index contributed by atoms with van der Waals surface area (Å²) < 4.78 is 12.1. The third-order valence-corrected chi connectivity index (χ3v) is 6.18. The van der Waals surface area contributed by atoms with Crippen molar-refractivity contribution in [2.45, 2.75) is 45.6 Å². The molecule has 0 saturated carbocycles. The van der Waals surface area contributed by atoms with Gasteiger partial charge in [0.25, 0.3) is 0 Å². The first kappa shape index (κ1) is 23.4. The van der Waals surface area contributed by atoms with Gasteiger partial charge < -0.3 is 9.15 Å². The highest BCUT2D eigenvalue weighted by molar-refractivity contribution is 6.30. The van der Waals surface area contributed by atoms with Crippen molar-refractivity contribution in [1.29, 1.82) is 0 Å². The normalized spacial score (nSPS) is 11.1. The second-order valence-electron chi connectivity index (χ2n) is 8.17. The van der Waals surface area contributed by atoms with Gasteiger partial charge in [0, 0.05) is 16.1 Å². The maximum atomic E-state index is 13.3. The molecule has 0 amide bonds. The second-order valence-corrected chi connectivity index (χ2v) is 9.04. The van der Waals surface area contributed by atoms with Crippen LogP contribution in [0.2, 0.25) is 10.0 Å². The molecular formula is C28H26Cl2O3. The minimum Gasteiger partial charge on any atom is -0.488 e. The van der Waals surface area contributed by atoms with Gasteiger partial charge in [0.1, 0.15) is 24.2 Å². The number of hydrogen-bond acceptors (Lipinski definition) is 3. The Morgan fingerprint density at radius 1 is 0.909 bits per heavy atom. The predicted octanol–water partition coefficient (Wildman–Crippen LogP) is 8.47. The van der Waals surface area contributed by atoms with Crippen LogP contribution < -0.4 is 10.2 Å². The molecule has 0 aliphatic rings. The van der Waals surface area contributed by atoms with Gasteiger partial charge in [-0.15, -0.1) is 0 Å². The van der Waals surface area contributed by atoms with E-state index >= 15 is 0 Å². The van der Waals surface area contributed by atoms with Crippen molar-refractivity contribution in [3.8, 4) is 16.9 Å². The minimum atomic E-state index is -0.0604. The van der Waals surface area contributed by atoms with E-state index in [0.29, 0.717) is 33.2 Å². The largest absolute Gasteiger partial charge is 0.488 e. The van der Waals surface area contributed by atoms with E-state index in [1.54, 1.807) is 12.1 Å². The average molecular weight is 481 g/mol. The van der Waals surface area contributed by atoms with E-state index in [0.717, 1.165) is 41.7 Å². The van der Waals surface area contributed by atoms with Gasteiger partial charge in [0.2, 0.25) is 5.43 Å². The molecule has 4 rings (SSSR count). The van der Waals surface area contributed by atoms with Crippen LogP contribution in [0.5, 0.6) is 5.75 Å². The summed E-state index contributed by atoms with van der Waals surface area (Å²) in [5.74, 6) is 0.737. The minimum absolute atomic E-state index is 0.0604. The maximum Gasteiger partial charge on any atom is 0.200 e. The summed E-state index contributed by atoms with van der Waals surface area (Å²) in [6, 6.07) is 18.6. The lowest BCUT2D eigenvalue weighted by Gasteiger charge is -2.14. The van der Waals surface area contributed by atoms with Gasteiger partial charge >= 0.3 is 0 Å². The molecule has 0 fully saturated rings. The lowest BCUT2D eigenvalue weighted by molar-refractivity contribution is 0.302. The molecule has 0 spiro atoms. The predicted molar refractivity (Wildman–Crippen MR) is 137 cm³/mol. The molecule has 170 valence electrons. The summed E-state index contributed by atoms with van der Waals surface area (Å²) in [7, 11) is 0. The van der Waals surface area contributed by atoms with Crippen molar-refractivity contribution in [2.75, 3.05) is 0 Å². The number of unbranched alkanes of at least 4 members (excludes halogenated alkanes) is 3. The first-order valence-electron chi connectivity index (χ1n) is 11.3. The van der Waals surface area contributed by atoms with Crippen molar-refractivity contribution in [3.05, 3.63) is 98.3 Å². The van der Waals surface area contributed by atoms with Crippen molar-refractivity contribution >= 4 is 34.2 Å². The standard InChI is InChI=1S/C28H26Cl2O3/c1-2-3-4-5-8-21-15-24-27(16-26(21)32-17-19-7-6-9-23(30)14-19)33-18-25(28(24)31)20-10-12-22(29)13-11-20/h6-7,9-16,18H,2-5,8,17H2,1H3. The number of ether oxygens (including phenoxy) is 1. The Balaban J connectivity index is 1.70. The molecule has 4 aromatic rings. The Labute approximate surface area is 203 Å². The summed E-state index contributed by atoms with van der Waals surface area (Å²) in [6.45, 7) is 2.58. The Bertz CT molecular complexity index is 1290. The van der Waals surface area contributed by atoms with Crippen LogP contribution in [0, 0.1) is 0 Å². The molecule has 0 unspecified atom stereocenters. The first-order chi connectivity index (χ1) is 16.0. The van der Waals surface area contributed by atoms with E-state index < -0.39 is 0 Å². The number of fused-ring (bicyclic) bond motifs is 1. The molecule has 0 N–H and O–H groups in total. The van der Waals surface area contributed by atoms with Crippen LogP contribution in [0.15, 0.2) is 76.1 Å². The van der Waals surface area contributed by atoms with Crippen molar-refractivity contribution in [3.63, 3.8) is 0 Å². The molecule has 33 heavy (non-hydrogen) atoms. The lowest BCUT2D eigenvalue weighted by Crippen LogP contribution is -2.07. The molecule has 0 aliphatic heterocycles. The Morgan fingerprint density at radius 2 is 1.73 bits per heavy atom. The fraction of sp³-hybridized carbons (Fsp3) is 0.250. The number of halogens is 2. The lowest BCUT2D eigenvalue weighted by atomic mass is 10.0. The van der Waals surface area contributed by atoms with Crippen LogP contribution in [-0.2, 0) is 13.0 Å². The van der Waals surface area contributed by atoms with Crippen LogP contribution in [0.25, 0.3) is 22.1 Å². The molecule has 0 saturated heterocycles. The van der Waals surface area contributed by atoms with Gasteiger partial charge in [0.05, 0.1) is 10.9 Å². The van der Waals surface area contributed by atoms with Crippen LogP contribution >= 0.6 is 23.2 Å². The zero-order chi connectivity index (χ0) is 23.2. The molecule has 1 heterocycles. The van der Waals surface area contributed by atoms with Crippen LogP contribution in [0.3, 0.4) is 0 Å². The molecular weight excluding hydrogens is 455 g/mol. The van der Waals surface area contributed by atoms with Gasteiger partial charge in [-0.1, -0.05) is 73.7 Å². The topological polar surface area (TPSA) is 39.4 Å². The number of rotatable bonds is 9. The monoisotopic (exact) mass is 480 g/mol. The van der Waals surface area contributed by atoms with Gasteiger partial charge in [0.15, 0.2) is 0 Å². The SMILES string of the molecule is CCCCCCc1cc2c(=O)c(-c3ccc(Cl)cc3)coc2cc1OCc1cccc(Cl)c1. The summed E-state index contributed by atoms with van der Waals surface area (Å²) in [5.41, 5.74) is 3.75. The summed E-state index contributed by atoms with van der Waals surface area (Å²) in [6.07, 6.45) is 6.89.